The van der Waals surface area contributed by atoms with E-state index in [2.05, 4.69) is 22.3 Å². The van der Waals surface area contributed by atoms with Gasteiger partial charge in [0.15, 0.2) is 0 Å². The van der Waals surface area contributed by atoms with Gasteiger partial charge in [-0.15, -0.1) is 11.3 Å². The standard InChI is InChI=1S/C31H40N2O7S2/c1-6-39-20-28(29-14-12-23(41-29)18-33(3)4)40-19-22-11-13-25(26(17-22)24-10-8-7-9-21(24)2)30(34)32-27(31(35)36)15-16-42(5,37)38/h7-14,17,27-28H,6,15-16,18-20H2,1-5H3,(H,32,34)(H,35,36)/t27-,28+/m0/s1. The van der Waals surface area contributed by atoms with E-state index in [0.29, 0.717) is 18.8 Å². The third-order valence-electron chi connectivity index (χ3n) is 6.54. The molecule has 3 rings (SSSR count). The van der Waals surface area contributed by atoms with Crippen molar-refractivity contribution in [1.82, 2.24) is 10.2 Å². The van der Waals surface area contributed by atoms with E-state index in [1.165, 1.54) is 4.88 Å². The van der Waals surface area contributed by atoms with E-state index in [9.17, 15) is 23.1 Å². The number of aryl methyl sites for hydroxylation is 1. The average Bonchev–Trinajstić information content (AvgIpc) is 3.38. The first-order valence-electron chi connectivity index (χ1n) is 13.7. The molecule has 42 heavy (non-hydrogen) atoms. The number of hydrogen-bond acceptors (Lipinski definition) is 8. The topological polar surface area (TPSA) is 122 Å². The quantitative estimate of drug-likeness (QED) is 0.238. The molecule has 0 unspecified atom stereocenters. The van der Waals surface area contributed by atoms with E-state index < -0.39 is 27.8 Å². The highest BCUT2D eigenvalue weighted by Crippen LogP contribution is 2.31. The molecular weight excluding hydrogens is 576 g/mol. The SMILES string of the molecule is CCOC[C@@H](OCc1ccc(C(=O)N[C@@H](CCS(C)(=O)=O)C(=O)O)c(-c2ccccc2C)c1)c1ccc(CN(C)C)s1. The van der Waals surface area contributed by atoms with Crippen LogP contribution in [0.2, 0.25) is 0 Å². The van der Waals surface area contributed by atoms with Crippen molar-refractivity contribution < 1.29 is 32.6 Å². The van der Waals surface area contributed by atoms with Gasteiger partial charge in [-0.25, -0.2) is 13.2 Å². The Hall–Kier alpha value is -3.09. The van der Waals surface area contributed by atoms with Crippen molar-refractivity contribution in [3.63, 3.8) is 0 Å². The maximum atomic E-state index is 13.4. The fourth-order valence-electron chi connectivity index (χ4n) is 4.40. The van der Waals surface area contributed by atoms with E-state index in [-0.39, 0.29) is 30.4 Å². The van der Waals surface area contributed by atoms with Crippen LogP contribution in [0.4, 0.5) is 0 Å². The second-order valence-corrected chi connectivity index (χ2v) is 13.9. The van der Waals surface area contributed by atoms with Gasteiger partial charge in [-0.05, 0) is 80.9 Å². The van der Waals surface area contributed by atoms with E-state index in [1.54, 1.807) is 23.5 Å². The van der Waals surface area contributed by atoms with Gasteiger partial charge in [-0.3, -0.25) is 4.79 Å². The first-order chi connectivity index (χ1) is 19.9. The molecular formula is C31H40N2O7S2. The van der Waals surface area contributed by atoms with E-state index in [4.69, 9.17) is 9.47 Å². The summed E-state index contributed by atoms with van der Waals surface area (Å²) in [6, 6.07) is 15.8. The zero-order chi connectivity index (χ0) is 30.9. The summed E-state index contributed by atoms with van der Waals surface area (Å²) in [5.74, 6) is -2.24. The van der Waals surface area contributed by atoms with E-state index in [1.807, 2.05) is 58.3 Å². The number of benzene rings is 2. The number of rotatable bonds is 16. The third-order valence-corrected chi connectivity index (χ3v) is 8.68. The van der Waals surface area contributed by atoms with Crippen LogP contribution in [0.3, 0.4) is 0 Å². The van der Waals surface area contributed by atoms with Gasteiger partial charge in [0.25, 0.3) is 5.91 Å². The predicted octanol–water partition coefficient (Wildman–Crippen LogP) is 4.70. The number of carboxylic acids is 1. The highest BCUT2D eigenvalue weighted by molar-refractivity contribution is 7.90. The lowest BCUT2D eigenvalue weighted by atomic mass is 9.93. The Balaban J connectivity index is 1.89. The molecule has 0 aliphatic carbocycles. The van der Waals surface area contributed by atoms with E-state index >= 15 is 0 Å². The van der Waals surface area contributed by atoms with Crippen LogP contribution in [-0.2, 0) is 37.3 Å². The lowest BCUT2D eigenvalue weighted by molar-refractivity contribution is -0.139. The zero-order valence-electron chi connectivity index (χ0n) is 24.8. The Kier molecular flexibility index (Phi) is 12.3. The van der Waals surface area contributed by atoms with Crippen molar-refractivity contribution in [1.29, 1.82) is 0 Å². The number of amides is 1. The Morgan fingerprint density at radius 3 is 2.45 bits per heavy atom. The maximum absolute atomic E-state index is 13.4. The molecule has 0 spiro atoms. The van der Waals surface area contributed by atoms with Gasteiger partial charge in [0.1, 0.15) is 22.0 Å². The van der Waals surface area contributed by atoms with Crippen LogP contribution in [0.5, 0.6) is 0 Å². The normalized spacial score (nSPS) is 13.2. The summed E-state index contributed by atoms with van der Waals surface area (Å²) in [6.45, 7) is 5.97. The van der Waals surface area contributed by atoms with Crippen molar-refractivity contribution >= 4 is 33.1 Å². The number of aliphatic carboxylic acids is 1. The van der Waals surface area contributed by atoms with Gasteiger partial charge >= 0.3 is 5.97 Å². The second-order valence-electron chi connectivity index (χ2n) is 10.5. The number of carbonyl (C=O) groups excluding carboxylic acids is 1. The van der Waals surface area contributed by atoms with Crippen molar-refractivity contribution in [2.75, 3.05) is 39.3 Å². The average molecular weight is 617 g/mol. The van der Waals surface area contributed by atoms with Crippen LogP contribution in [0.25, 0.3) is 11.1 Å². The molecule has 0 aliphatic rings. The van der Waals surface area contributed by atoms with Gasteiger partial charge in [0.2, 0.25) is 0 Å². The summed E-state index contributed by atoms with van der Waals surface area (Å²) in [5.41, 5.74) is 3.52. The van der Waals surface area contributed by atoms with Crippen LogP contribution in [0.1, 0.15) is 50.7 Å². The Morgan fingerprint density at radius 2 is 1.81 bits per heavy atom. The molecule has 228 valence electrons. The minimum Gasteiger partial charge on any atom is -0.480 e. The second kappa shape index (κ2) is 15.4. The highest BCUT2D eigenvalue weighted by Gasteiger charge is 2.24. The maximum Gasteiger partial charge on any atom is 0.326 e. The number of ether oxygens (including phenoxy) is 2. The molecule has 2 N–H and O–H groups in total. The molecule has 0 saturated heterocycles. The predicted molar refractivity (Wildman–Crippen MR) is 166 cm³/mol. The summed E-state index contributed by atoms with van der Waals surface area (Å²) in [6.07, 6.45) is 0.540. The molecule has 0 saturated carbocycles. The van der Waals surface area contributed by atoms with Gasteiger partial charge in [-0.1, -0.05) is 30.3 Å². The summed E-state index contributed by atoms with van der Waals surface area (Å²) >= 11 is 1.69. The first kappa shape index (κ1) is 33.4. The molecule has 3 aromatic rings. The molecule has 0 aliphatic heterocycles. The molecule has 2 aromatic carbocycles. The number of hydrogen-bond donors (Lipinski definition) is 2. The fraction of sp³-hybridized carbons (Fsp3) is 0.419. The Morgan fingerprint density at radius 1 is 1.07 bits per heavy atom. The molecule has 1 amide bonds. The highest BCUT2D eigenvalue weighted by atomic mass is 32.2. The van der Waals surface area contributed by atoms with Crippen molar-refractivity contribution in [3.8, 4) is 11.1 Å². The lowest BCUT2D eigenvalue weighted by Crippen LogP contribution is -2.42. The number of sulfone groups is 1. The Labute approximate surface area is 252 Å². The van der Waals surface area contributed by atoms with Crippen LogP contribution in [0, 0.1) is 6.92 Å². The number of nitrogens with zero attached hydrogens (tertiary/aromatic N) is 1. The summed E-state index contributed by atoms with van der Waals surface area (Å²) in [4.78, 5) is 29.6. The van der Waals surface area contributed by atoms with E-state index in [0.717, 1.165) is 34.4 Å². The summed E-state index contributed by atoms with van der Waals surface area (Å²) in [5, 5.41) is 12.1. The number of thiophene rings is 1. The van der Waals surface area contributed by atoms with Crippen LogP contribution in [0.15, 0.2) is 54.6 Å². The van der Waals surface area contributed by atoms with Gasteiger partial charge in [0.05, 0.1) is 19.0 Å². The smallest absolute Gasteiger partial charge is 0.326 e. The minimum atomic E-state index is -3.40. The zero-order valence-corrected chi connectivity index (χ0v) is 26.4. The molecule has 0 fully saturated rings. The monoisotopic (exact) mass is 616 g/mol. The van der Waals surface area contributed by atoms with Crippen molar-refractivity contribution in [3.05, 3.63) is 81.0 Å². The first-order valence-corrected chi connectivity index (χ1v) is 16.6. The van der Waals surface area contributed by atoms with Gasteiger partial charge in [0, 0.05) is 34.7 Å². The summed E-state index contributed by atoms with van der Waals surface area (Å²) in [7, 11) is 0.659. The summed E-state index contributed by atoms with van der Waals surface area (Å²) < 4.78 is 35.3. The molecule has 1 heterocycles. The van der Waals surface area contributed by atoms with Crippen molar-refractivity contribution in [2.45, 2.75) is 45.6 Å². The number of carboxylic acid groups (broad SMARTS) is 1. The largest absolute Gasteiger partial charge is 0.480 e. The number of nitrogens with one attached hydrogen (secondary N) is 1. The van der Waals surface area contributed by atoms with Gasteiger partial charge in [-0.2, -0.15) is 0 Å². The molecule has 2 atom stereocenters. The van der Waals surface area contributed by atoms with Crippen LogP contribution in [-0.4, -0.2) is 75.7 Å². The van der Waals surface area contributed by atoms with Crippen LogP contribution >= 0.6 is 11.3 Å². The lowest BCUT2D eigenvalue weighted by Gasteiger charge is -2.19. The Bertz CT molecular complexity index is 1470. The van der Waals surface area contributed by atoms with Crippen molar-refractivity contribution in [2.24, 2.45) is 0 Å². The third kappa shape index (κ3) is 10.0. The number of carbonyl (C=O) groups is 2. The van der Waals surface area contributed by atoms with Gasteiger partial charge < -0.3 is 24.8 Å². The molecule has 0 radical (unpaired) electrons. The molecule has 1 aromatic heterocycles. The molecule has 11 heteroatoms. The minimum absolute atomic E-state index is 0.230. The van der Waals surface area contributed by atoms with Crippen LogP contribution < -0.4 is 5.32 Å². The molecule has 0 bridgehead atoms. The fourth-order valence-corrected chi connectivity index (χ4v) is 6.23. The molecule has 9 nitrogen and oxygen atoms in total.